The Hall–Kier alpha value is -1.95. The normalized spacial score (nSPS) is 10.1. The van der Waals surface area contributed by atoms with Crippen LogP contribution in [0, 0.1) is 0 Å². The van der Waals surface area contributed by atoms with Crippen LogP contribution in [0.3, 0.4) is 0 Å². The zero-order valence-electron chi connectivity index (χ0n) is 10.0. The molecule has 2 aromatic heterocycles. The van der Waals surface area contributed by atoms with Crippen molar-refractivity contribution in [2.45, 2.75) is 6.42 Å². The number of anilines is 1. The molecule has 0 spiro atoms. The molecule has 0 aliphatic heterocycles. The maximum absolute atomic E-state index is 11.9. The number of aromatic nitrogens is 2. The molecule has 5 nitrogen and oxygen atoms in total. The van der Waals surface area contributed by atoms with Crippen LogP contribution < -0.4 is 10.6 Å². The summed E-state index contributed by atoms with van der Waals surface area (Å²) < 4.78 is 0. The Kier molecular flexibility index (Phi) is 4.25. The second-order valence-electron chi connectivity index (χ2n) is 3.66. The fourth-order valence-corrected chi connectivity index (χ4v) is 2.15. The first kappa shape index (κ1) is 12.5. The predicted octanol–water partition coefficient (Wildman–Crippen LogP) is 1.55. The number of rotatable bonds is 5. The quantitative estimate of drug-likeness (QED) is 0.858. The van der Waals surface area contributed by atoms with E-state index in [0.717, 1.165) is 17.8 Å². The molecule has 0 aliphatic carbocycles. The van der Waals surface area contributed by atoms with Crippen LogP contribution in [0.4, 0.5) is 5.69 Å². The minimum atomic E-state index is -0.123. The van der Waals surface area contributed by atoms with E-state index < -0.39 is 0 Å². The van der Waals surface area contributed by atoms with Gasteiger partial charge in [-0.1, -0.05) is 0 Å². The van der Waals surface area contributed by atoms with Crippen LogP contribution in [-0.2, 0) is 6.42 Å². The largest absolute Gasteiger partial charge is 0.387 e. The van der Waals surface area contributed by atoms with E-state index in [1.807, 2.05) is 5.38 Å². The van der Waals surface area contributed by atoms with Crippen LogP contribution in [0.5, 0.6) is 0 Å². The number of thiazole rings is 1. The summed E-state index contributed by atoms with van der Waals surface area (Å²) in [6.07, 6.45) is 3.95. The Morgan fingerprint density at radius 1 is 1.50 bits per heavy atom. The highest BCUT2D eigenvalue weighted by Gasteiger charge is 2.09. The molecule has 1 amide bonds. The van der Waals surface area contributed by atoms with Crippen molar-refractivity contribution in [2.24, 2.45) is 0 Å². The van der Waals surface area contributed by atoms with Gasteiger partial charge in [0.2, 0.25) is 0 Å². The van der Waals surface area contributed by atoms with E-state index in [0.29, 0.717) is 12.1 Å². The van der Waals surface area contributed by atoms with E-state index in [1.165, 1.54) is 0 Å². The molecule has 0 unspecified atom stereocenters. The second kappa shape index (κ2) is 6.11. The third-order valence-corrected chi connectivity index (χ3v) is 3.12. The van der Waals surface area contributed by atoms with Gasteiger partial charge >= 0.3 is 0 Å². The predicted molar refractivity (Wildman–Crippen MR) is 71.9 cm³/mol. The highest BCUT2D eigenvalue weighted by atomic mass is 32.1. The number of carbonyl (C=O) groups excluding carboxylic acids is 1. The molecular weight excluding hydrogens is 248 g/mol. The summed E-state index contributed by atoms with van der Waals surface area (Å²) >= 11 is 1.56. The Balaban J connectivity index is 1.91. The highest BCUT2D eigenvalue weighted by Crippen LogP contribution is 2.12. The Bertz CT molecular complexity index is 513. The van der Waals surface area contributed by atoms with Crippen LogP contribution in [0.1, 0.15) is 16.1 Å². The number of hydrogen-bond acceptors (Lipinski definition) is 5. The van der Waals surface area contributed by atoms with Gasteiger partial charge in [0.1, 0.15) is 0 Å². The molecule has 94 valence electrons. The lowest BCUT2D eigenvalue weighted by molar-refractivity contribution is 0.0954. The maximum Gasteiger partial charge on any atom is 0.254 e. The van der Waals surface area contributed by atoms with Crippen LogP contribution in [0.15, 0.2) is 29.4 Å². The molecule has 0 aromatic carbocycles. The third-order valence-electron chi connectivity index (χ3n) is 2.49. The van der Waals surface area contributed by atoms with E-state index in [2.05, 4.69) is 20.6 Å². The van der Waals surface area contributed by atoms with Gasteiger partial charge in [0.25, 0.3) is 5.91 Å². The zero-order chi connectivity index (χ0) is 12.8. The van der Waals surface area contributed by atoms with Crippen molar-refractivity contribution in [3.8, 4) is 0 Å². The molecule has 0 bridgehead atoms. The molecule has 0 atom stereocenters. The molecule has 0 radical (unpaired) electrons. The third kappa shape index (κ3) is 3.04. The maximum atomic E-state index is 11.9. The van der Waals surface area contributed by atoms with E-state index >= 15 is 0 Å². The van der Waals surface area contributed by atoms with Crippen molar-refractivity contribution in [3.05, 3.63) is 40.6 Å². The van der Waals surface area contributed by atoms with E-state index in [9.17, 15) is 4.79 Å². The Labute approximate surface area is 109 Å². The molecule has 0 saturated heterocycles. The number of carbonyl (C=O) groups is 1. The lowest BCUT2D eigenvalue weighted by atomic mass is 10.2. The van der Waals surface area contributed by atoms with Crippen LogP contribution in [0.2, 0.25) is 0 Å². The van der Waals surface area contributed by atoms with Crippen molar-refractivity contribution < 1.29 is 4.79 Å². The first-order chi connectivity index (χ1) is 8.81. The summed E-state index contributed by atoms with van der Waals surface area (Å²) in [5.41, 5.74) is 4.12. The van der Waals surface area contributed by atoms with Gasteiger partial charge in [-0.2, -0.15) is 0 Å². The second-order valence-corrected chi connectivity index (χ2v) is 4.38. The van der Waals surface area contributed by atoms with Crippen molar-refractivity contribution in [1.82, 2.24) is 15.3 Å². The van der Waals surface area contributed by atoms with E-state index in [1.54, 1.807) is 42.4 Å². The van der Waals surface area contributed by atoms with Crippen LogP contribution in [-0.4, -0.2) is 29.5 Å². The number of hydrogen-bond donors (Lipinski definition) is 2. The summed E-state index contributed by atoms with van der Waals surface area (Å²) in [5, 5.41) is 7.81. The lowest BCUT2D eigenvalue weighted by Gasteiger charge is -2.08. The average molecular weight is 262 g/mol. The summed E-state index contributed by atoms with van der Waals surface area (Å²) in [7, 11) is 1.78. The minimum absolute atomic E-state index is 0.123. The smallest absolute Gasteiger partial charge is 0.254 e. The molecular formula is C12H14N4OS. The topological polar surface area (TPSA) is 66.9 Å². The van der Waals surface area contributed by atoms with Gasteiger partial charge in [0, 0.05) is 43.5 Å². The number of nitrogens with zero attached hydrogens (tertiary/aromatic N) is 2. The minimum Gasteiger partial charge on any atom is -0.387 e. The van der Waals surface area contributed by atoms with E-state index in [-0.39, 0.29) is 5.91 Å². The molecule has 0 saturated carbocycles. The summed E-state index contributed by atoms with van der Waals surface area (Å²) in [4.78, 5) is 20.1. The monoisotopic (exact) mass is 262 g/mol. The summed E-state index contributed by atoms with van der Waals surface area (Å²) in [6.45, 7) is 0.570. The first-order valence-electron chi connectivity index (χ1n) is 5.58. The number of nitrogens with one attached hydrogen (secondary N) is 2. The highest BCUT2D eigenvalue weighted by molar-refractivity contribution is 7.07. The van der Waals surface area contributed by atoms with Crippen LogP contribution >= 0.6 is 11.3 Å². The summed E-state index contributed by atoms with van der Waals surface area (Å²) in [6, 6.07) is 1.77. The van der Waals surface area contributed by atoms with Gasteiger partial charge in [-0.25, -0.2) is 4.98 Å². The average Bonchev–Trinajstić information content (AvgIpc) is 2.91. The van der Waals surface area contributed by atoms with Crippen molar-refractivity contribution in [1.29, 1.82) is 0 Å². The fourth-order valence-electron chi connectivity index (χ4n) is 1.55. The Morgan fingerprint density at radius 3 is 3.11 bits per heavy atom. The van der Waals surface area contributed by atoms with Gasteiger partial charge in [-0.05, 0) is 6.07 Å². The van der Waals surface area contributed by atoms with Gasteiger partial charge in [0.15, 0.2) is 0 Å². The van der Waals surface area contributed by atoms with E-state index in [4.69, 9.17) is 0 Å². The molecule has 2 N–H and O–H groups in total. The first-order valence-corrected chi connectivity index (χ1v) is 6.52. The fraction of sp³-hybridized carbons (Fsp3) is 0.250. The van der Waals surface area contributed by atoms with Gasteiger partial charge in [0.05, 0.1) is 16.8 Å². The van der Waals surface area contributed by atoms with Crippen molar-refractivity contribution in [2.75, 3.05) is 18.9 Å². The standard InChI is InChI=1S/C12H14N4OS/c1-13-11-3-4-14-6-10(11)12(17)15-5-2-9-7-18-8-16-9/h3-4,6-8H,2,5H2,1H3,(H,13,14)(H,15,17). The summed E-state index contributed by atoms with van der Waals surface area (Å²) in [5.74, 6) is -0.123. The SMILES string of the molecule is CNc1ccncc1C(=O)NCCc1cscn1. The van der Waals surface area contributed by atoms with Crippen molar-refractivity contribution in [3.63, 3.8) is 0 Å². The molecule has 6 heteroatoms. The zero-order valence-corrected chi connectivity index (χ0v) is 10.8. The molecule has 0 fully saturated rings. The van der Waals surface area contributed by atoms with Gasteiger partial charge in [-0.15, -0.1) is 11.3 Å². The van der Waals surface area contributed by atoms with Gasteiger partial charge in [-0.3, -0.25) is 9.78 Å². The molecule has 0 aliphatic rings. The van der Waals surface area contributed by atoms with Crippen molar-refractivity contribution >= 4 is 22.9 Å². The van der Waals surface area contributed by atoms with Gasteiger partial charge < -0.3 is 10.6 Å². The number of pyridine rings is 1. The Morgan fingerprint density at radius 2 is 2.39 bits per heavy atom. The molecule has 18 heavy (non-hydrogen) atoms. The molecule has 2 heterocycles. The lowest BCUT2D eigenvalue weighted by Crippen LogP contribution is -2.26. The number of amides is 1. The van der Waals surface area contributed by atoms with Crippen LogP contribution in [0.25, 0.3) is 0 Å². The molecule has 2 aromatic rings. The molecule has 2 rings (SSSR count).